The number of hydrogen-bond acceptors (Lipinski definition) is 7. The van der Waals surface area contributed by atoms with E-state index in [1.807, 2.05) is 24.3 Å². The Bertz CT molecular complexity index is 1110. The molecule has 0 aliphatic heterocycles. The van der Waals surface area contributed by atoms with Crippen molar-refractivity contribution in [2.45, 2.75) is 35.3 Å². The van der Waals surface area contributed by atoms with Crippen LogP contribution in [0.3, 0.4) is 0 Å². The Morgan fingerprint density at radius 3 is 2.52 bits per heavy atom. The molecule has 152 valence electrons. The number of rotatable bonds is 7. The second-order valence-corrected chi connectivity index (χ2v) is 10.4. The number of thioether (sulfide) groups is 1. The van der Waals surface area contributed by atoms with E-state index in [-0.39, 0.29) is 23.2 Å². The fourth-order valence-electron chi connectivity index (χ4n) is 2.57. The van der Waals surface area contributed by atoms with Crippen LogP contribution in [0.25, 0.3) is 11.5 Å². The smallest absolute Gasteiger partial charge is 0.322 e. The number of anilines is 1. The van der Waals surface area contributed by atoms with Crippen LogP contribution in [-0.4, -0.2) is 36.0 Å². The van der Waals surface area contributed by atoms with E-state index in [4.69, 9.17) is 4.42 Å². The predicted molar refractivity (Wildman–Crippen MR) is 113 cm³/mol. The quantitative estimate of drug-likeness (QED) is 0.567. The fourth-order valence-corrected chi connectivity index (χ4v) is 4.10. The Hall–Kier alpha value is -2.65. The summed E-state index contributed by atoms with van der Waals surface area (Å²) in [4.78, 5) is 13.5. The van der Waals surface area contributed by atoms with Gasteiger partial charge in [0.05, 0.1) is 11.3 Å². The Morgan fingerprint density at radius 1 is 1.14 bits per heavy atom. The van der Waals surface area contributed by atoms with Gasteiger partial charge in [-0.25, -0.2) is 8.42 Å². The highest BCUT2D eigenvalue weighted by Crippen LogP contribution is 2.28. The van der Waals surface area contributed by atoms with E-state index in [0.717, 1.165) is 16.7 Å². The third-order valence-corrected chi connectivity index (χ3v) is 5.97. The van der Waals surface area contributed by atoms with Gasteiger partial charge in [0.2, 0.25) is 11.8 Å². The highest BCUT2D eigenvalue weighted by Gasteiger charge is 2.13. The maximum absolute atomic E-state index is 12.2. The van der Waals surface area contributed by atoms with Crippen molar-refractivity contribution in [3.05, 3.63) is 54.1 Å². The summed E-state index contributed by atoms with van der Waals surface area (Å²) in [5, 5.41) is 10.9. The third kappa shape index (κ3) is 5.91. The largest absolute Gasteiger partial charge is 0.403 e. The van der Waals surface area contributed by atoms with Gasteiger partial charge in [0, 0.05) is 22.0 Å². The molecule has 0 saturated heterocycles. The minimum Gasteiger partial charge on any atom is -0.403 e. The number of carbonyl (C=O) groups is 1. The van der Waals surface area contributed by atoms with Crippen molar-refractivity contribution in [3.63, 3.8) is 0 Å². The molecule has 29 heavy (non-hydrogen) atoms. The van der Waals surface area contributed by atoms with Gasteiger partial charge >= 0.3 is 6.01 Å². The minimum absolute atomic E-state index is 0.0136. The van der Waals surface area contributed by atoms with Gasteiger partial charge in [-0.15, -0.1) is 16.9 Å². The maximum atomic E-state index is 12.2. The summed E-state index contributed by atoms with van der Waals surface area (Å²) in [6, 6.07) is 13.9. The van der Waals surface area contributed by atoms with E-state index < -0.39 is 9.84 Å². The molecule has 1 amide bonds. The van der Waals surface area contributed by atoms with Crippen LogP contribution in [0.1, 0.15) is 19.4 Å². The van der Waals surface area contributed by atoms with Crippen molar-refractivity contribution in [3.8, 4) is 11.5 Å². The molecule has 0 bridgehead atoms. The van der Waals surface area contributed by atoms with Gasteiger partial charge in [0.1, 0.15) is 0 Å². The maximum Gasteiger partial charge on any atom is 0.322 e. The number of hydrogen-bond donors (Lipinski definition) is 1. The van der Waals surface area contributed by atoms with E-state index in [9.17, 15) is 13.2 Å². The van der Waals surface area contributed by atoms with Gasteiger partial charge in [-0.1, -0.05) is 37.1 Å². The van der Waals surface area contributed by atoms with Crippen LogP contribution >= 0.6 is 11.8 Å². The summed E-state index contributed by atoms with van der Waals surface area (Å²) in [6.45, 7) is 4.23. The Morgan fingerprint density at radius 2 is 1.86 bits per heavy atom. The van der Waals surface area contributed by atoms with Crippen molar-refractivity contribution in [2.24, 2.45) is 0 Å². The van der Waals surface area contributed by atoms with E-state index in [1.165, 1.54) is 12.1 Å². The minimum atomic E-state index is -3.27. The highest BCUT2D eigenvalue weighted by molar-refractivity contribution is 7.99. The van der Waals surface area contributed by atoms with Crippen molar-refractivity contribution >= 4 is 33.5 Å². The van der Waals surface area contributed by atoms with Gasteiger partial charge in [-0.3, -0.25) is 10.1 Å². The first-order valence-electron chi connectivity index (χ1n) is 8.90. The van der Waals surface area contributed by atoms with Gasteiger partial charge in [0.25, 0.3) is 0 Å². The van der Waals surface area contributed by atoms with Crippen LogP contribution in [0.5, 0.6) is 0 Å². The lowest BCUT2D eigenvalue weighted by atomic mass is 10.1. The molecule has 1 heterocycles. The van der Waals surface area contributed by atoms with Crippen LogP contribution in [0.4, 0.5) is 6.01 Å². The topological polar surface area (TPSA) is 102 Å². The number of carbonyl (C=O) groups excluding carboxylic acids is 1. The summed E-state index contributed by atoms with van der Waals surface area (Å²) in [5.74, 6) is -0.0135. The first-order valence-corrected chi connectivity index (χ1v) is 11.7. The molecule has 0 spiro atoms. The SMILES string of the molecule is CC(C)Sc1cccc(-c2nnc(NC(=O)Cc3ccc(S(C)(=O)=O)cc3)o2)c1. The van der Waals surface area contributed by atoms with Gasteiger partial charge in [0.15, 0.2) is 9.84 Å². The first-order chi connectivity index (χ1) is 13.7. The molecule has 3 aromatic rings. The summed E-state index contributed by atoms with van der Waals surface area (Å²) in [5.41, 5.74) is 1.45. The summed E-state index contributed by atoms with van der Waals surface area (Å²) < 4.78 is 28.5. The Kier molecular flexibility index (Phi) is 6.39. The molecule has 0 aliphatic carbocycles. The molecule has 0 fully saturated rings. The molecular weight excluding hydrogens is 410 g/mol. The Labute approximate surface area is 173 Å². The third-order valence-electron chi connectivity index (χ3n) is 3.84. The van der Waals surface area contributed by atoms with Crippen LogP contribution in [-0.2, 0) is 21.1 Å². The first kappa shape index (κ1) is 21.1. The zero-order valence-electron chi connectivity index (χ0n) is 16.2. The van der Waals surface area contributed by atoms with Crippen molar-refractivity contribution < 1.29 is 17.6 Å². The molecule has 7 nitrogen and oxygen atoms in total. The summed E-state index contributed by atoms with van der Waals surface area (Å²) >= 11 is 1.73. The molecule has 0 saturated carbocycles. The molecule has 1 N–H and O–H groups in total. The van der Waals surface area contributed by atoms with Crippen LogP contribution in [0.15, 0.2) is 62.7 Å². The van der Waals surface area contributed by atoms with E-state index in [2.05, 4.69) is 29.4 Å². The lowest BCUT2D eigenvalue weighted by molar-refractivity contribution is -0.115. The van der Waals surface area contributed by atoms with Gasteiger partial charge in [-0.05, 0) is 35.9 Å². The number of benzene rings is 2. The predicted octanol–water partition coefficient (Wildman–Crippen LogP) is 3.82. The summed E-state index contributed by atoms with van der Waals surface area (Å²) in [6.07, 6.45) is 1.20. The Balaban J connectivity index is 1.65. The molecule has 1 aromatic heterocycles. The lowest BCUT2D eigenvalue weighted by Gasteiger charge is -2.05. The van der Waals surface area contributed by atoms with Crippen LogP contribution in [0.2, 0.25) is 0 Å². The molecule has 2 aromatic carbocycles. The second-order valence-electron chi connectivity index (χ2n) is 6.75. The number of amides is 1. The van der Waals surface area contributed by atoms with Crippen molar-refractivity contribution in [1.82, 2.24) is 10.2 Å². The molecule has 0 radical (unpaired) electrons. The van der Waals surface area contributed by atoms with Gasteiger partial charge in [-0.2, -0.15) is 0 Å². The molecule has 0 unspecified atom stereocenters. The van der Waals surface area contributed by atoms with Crippen LogP contribution < -0.4 is 5.32 Å². The normalized spacial score (nSPS) is 11.6. The van der Waals surface area contributed by atoms with E-state index in [1.54, 1.807) is 23.9 Å². The molecule has 9 heteroatoms. The fraction of sp³-hybridized carbons (Fsp3) is 0.250. The second kappa shape index (κ2) is 8.79. The number of nitrogens with one attached hydrogen (secondary N) is 1. The average Bonchev–Trinajstić information content (AvgIpc) is 3.09. The molecule has 0 aliphatic rings. The molecule has 3 rings (SSSR count). The van der Waals surface area contributed by atoms with E-state index in [0.29, 0.717) is 16.7 Å². The average molecular weight is 432 g/mol. The number of sulfone groups is 1. The highest BCUT2D eigenvalue weighted by atomic mass is 32.2. The van der Waals surface area contributed by atoms with Crippen molar-refractivity contribution in [1.29, 1.82) is 0 Å². The monoisotopic (exact) mass is 431 g/mol. The molecule has 0 atom stereocenters. The van der Waals surface area contributed by atoms with E-state index >= 15 is 0 Å². The lowest BCUT2D eigenvalue weighted by Crippen LogP contribution is -2.14. The standard InChI is InChI=1S/C20H21N3O4S2/c1-13(2)28-16-6-4-5-15(12-16)19-22-23-20(27-19)21-18(24)11-14-7-9-17(10-8-14)29(3,25)26/h4-10,12-13H,11H2,1-3H3,(H,21,23,24). The zero-order valence-corrected chi connectivity index (χ0v) is 17.9. The number of nitrogens with zero attached hydrogens (tertiary/aromatic N) is 2. The molecular formula is C20H21N3O4S2. The summed E-state index contributed by atoms with van der Waals surface area (Å²) in [7, 11) is -3.27. The number of aromatic nitrogens is 2. The zero-order chi connectivity index (χ0) is 21.0. The van der Waals surface area contributed by atoms with Crippen LogP contribution in [0, 0.1) is 0 Å². The van der Waals surface area contributed by atoms with Crippen molar-refractivity contribution in [2.75, 3.05) is 11.6 Å². The van der Waals surface area contributed by atoms with Gasteiger partial charge < -0.3 is 4.42 Å².